The zero-order valence-electron chi connectivity index (χ0n) is 10.2. The second-order valence-corrected chi connectivity index (χ2v) is 4.63. The molecule has 0 amide bonds. The fraction of sp³-hybridized carbons (Fsp3) is 1.00. The molecule has 1 aliphatic rings. The highest BCUT2D eigenvalue weighted by molar-refractivity contribution is 4.79. The predicted molar refractivity (Wildman–Crippen MR) is 61.2 cm³/mol. The Morgan fingerprint density at radius 3 is 2.87 bits per heavy atom. The molecule has 0 unspecified atom stereocenters. The normalized spacial score (nSPS) is 21.8. The van der Waals surface area contributed by atoms with Gasteiger partial charge in [0.1, 0.15) is 0 Å². The van der Waals surface area contributed by atoms with E-state index in [0.717, 1.165) is 45.9 Å². The number of morpholine rings is 1. The van der Waals surface area contributed by atoms with E-state index in [0.29, 0.717) is 0 Å². The van der Waals surface area contributed by atoms with Crippen molar-refractivity contribution in [3.05, 3.63) is 0 Å². The summed E-state index contributed by atoms with van der Waals surface area (Å²) in [6.45, 7) is 11.1. The van der Waals surface area contributed by atoms with Gasteiger partial charge in [0.25, 0.3) is 0 Å². The molecular weight excluding hydrogens is 192 g/mol. The zero-order valence-corrected chi connectivity index (χ0v) is 10.2. The van der Waals surface area contributed by atoms with Crippen LogP contribution in [-0.4, -0.2) is 63.5 Å². The smallest absolute Gasteiger partial charge is 0.0753 e. The first-order valence-electron chi connectivity index (χ1n) is 5.70. The Balaban J connectivity index is 2.05. The molecule has 1 N–H and O–H groups in total. The van der Waals surface area contributed by atoms with Gasteiger partial charge in [0.15, 0.2) is 0 Å². The molecule has 4 nitrogen and oxygen atoms in total. The van der Waals surface area contributed by atoms with Crippen LogP contribution in [0, 0.1) is 0 Å². The van der Waals surface area contributed by atoms with Crippen LogP contribution in [0.4, 0.5) is 0 Å². The maximum absolute atomic E-state index is 5.66. The van der Waals surface area contributed by atoms with Crippen molar-refractivity contribution < 1.29 is 9.47 Å². The van der Waals surface area contributed by atoms with Crippen molar-refractivity contribution in [2.45, 2.75) is 19.4 Å². The predicted octanol–water partition coefficient (Wildman–Crippen LogP) is 0.333. The van der Waals surface area contributed by atoms with Crippen molar-refractivity contribution in [1.82, 2.24) is 10.2 Å². The molecule has 0 bridgehead atoms. The molecule has 1 rings (SSSR count). The van der Waals surface area contributed by atoms with Gasteiger partial charge in [0.05, 0.1) is 18.8 Å². The van der Waals surface area contributed by atoms with E-state index in [9.17, 15) is 0 Å². The average molecular weight is 216 g/mol. The molecule has 4 heteroatoms. The maximum atomic E-state index is 5.66. The molecule has 0 aromatic rings. The third kappa shape index (κ3) is 5.47. The molecule has 0 aromatic carbocycles. The second kappa shape index (κ2) is 6.43. The molecule has 1 saturated heterocycles. The van der Waals surface area contributed by atoms with Crippen LogP contribution in [0.5, 0.6) is 0 Å². The zero-order chi connectivity index (χ0) is 11.1. The number of nitrogens with zero attached hydrogens (tertiary/aromatic N) is 1. The van der Waals surface area contributed by atoms with Crippen LogP contribution < -0.4 is 5.32 Å². The van der Waals surface area contributed by atoms with E-state index in [2.05, 4.69) is 24.1 Å². The minimum absolute atomic E-state index is 0.0186. The van der Waals surface area contributed by atoms with Gasteiger partial charge in [-0.2, -0.15) is 0 Å². The highest BCUT2D eigenvalue weighted by atomic mass is 16.5. The molecule has 0 aromatic heterocycles. The standard InChI is InChI=1S/C11H24N2O2/c1-11(2)10-13(7-9-15-11)6-4-12-5-8-14-3/h12H,4-10H2,1-3H3. The van der Waals surface area contributed by atoms with Gasteiger partial charge in [-0.15, -0.1) is 0 Å². The first kappa shape index (κ1) is 12.9. The fourth-order valence-corrected chi connectivity index (χ4v) is 1.84. The quantitative estimate of drug-likeness (QED) is 0.649. The van der Waals surface area contributed by atoms with Crippen LogP contribution in [0.1, 0.15) is 13.8 Å². The largest absolute Gasteiger partial charge is 0.383 e. The Bertz CT molecular complexity index is 174. The lowest BCUT2D eigenvalue weighted by Gasteiger charge is -2.38. The van der Waals surface area contributed by atoms with Gasteiger partial charge in [-0.25, -0.2) is 0 Å². The van der Waals surface area contributed by atoms with E-state index in [4.69, 9.17) is 9.47 Å². The topological polar surface area (TPSA) is 33.7 Å². The molecule has 0 aliphatic carbocycles. The lowest BCUT2D eigenvalue weighted by atomic mass is 10.1. The molecule has 1 fully saturated rings. The Morgan fingerprint density at radius 1 is 1.40 bits per heavy atom. The van der Waals surface area contributed by atoms with Crippen molar-refractivity contribution in [3.8, 4) is 0 Å². The maximum Gasteiger partial charge on any atom is 0.0753 e. The summed E-state index contributed by atoms with van der Waals surface area (Å²) in [5.74, 6) is 0. The summed E-state index contributed by atoms with van der Waals surface area (Å²) in [4.78, 5) is 2.45. The Labute approximate surface area is 92.9 Å². The van der Waals surface area contributed by atoms with Crippen molar-refractivity contribution in [1.29, 1.82) is 0 Å². The number of methoxy groups -OCH3 is 1. The van der Waals surface area contributed by atoms with Gasteiger partial charge in [-0.1, -0.05) is 0 Å². The lowest BCUT2D eigenvalue weighted by Crippen LogP contribution is -2.49. The van der Waals surface area contributed by atoms with Crippen molar-refractivity contribution in [2.24, 2.45) is 0 Å². The van der Waals surface area contributed by atoms with Crippen molar-refractivity contribution in [2.75, 3.05) is 53.0 Å². The van der Waals surface area contributed by atoms with Crippen LogP contribution in [0.25, 0.3) is 0 Å². The molecule has 1 heterocycles. The van der Waals surface area contributed by atoms with Gasteiger partial charge < -0.3 is 14.8 Å². The summed E-state index contributed by atoms with van der Waals surface area (Å²) in [6, 6.07) is 0. The van der Waals surface area contributed by atoms with Crippen LogP contribution in [0.15, 0.2) is 0 Å². The molecule has 0 saturated carbocycles. The monoisotopic (exact) mass is 216 g/mol. The van der Waals surface area contributed by atoms with Gasteiger partial charge in [0.2, 0.25) is 0 Å². The second-order valence-electron chi connectivity index (χ2n) is 4.63. The summed E-state index contributed by atoms with van der Waals surface area (Å²) in [5, 5.41) is 3.35. The van der Waals surface area contributed by atoms with E-state index in [1.807, 2.05) is 0 Å². The average Bonchev–Trinajstić information content (AvgIpc) is 2.16. The van der Waals surface area contributed by atoms with Gasteiger partial charge >= 0.3 is 0 Å². The molecule has 0 radical (unpaired) electrons. The van der Waals surface area contributed by atoms with Crippen LogP contribution in [-0.2, 0) is 9.47 Å². The summed E-state index contributed by atoms with van der Waals surface area (Å²) in [7, 11) is 1.73. The first-order valence-corrected chi connectivity index (χ1v) is 5.70. The summed E-state index contributed by atoms with van der Waals surface area (Å²) < 4.78 is 10.6. The van der Waals surface area contributed by atoms with Gasteiger partial charge in [0, 0.05) is 39.8 Å². The number of hydrogen-bond donors (Lipinski definition) is 1. The van der Waals surface area contributed by atoms with Crippen LogP contribution >= 0.6 is 0 Å². The third-order valence-electron chi connectivity index (χ3n) is 2.59. The SMILES string of the molecule is COCCNCCN1CCOC(C)(C)C1. The highest BCUT2D eigenvalue weighted by Crippen LogP contribution is 2.15. The molecule has 90 valence electrons. The lowest BCUT2D eigenvalue weighted by molar-refractivity contribution is -0.0854. The first-order chi connectivity index (χ1) is 7.14. The number of hydrogen-bond acceptors (Lipinski definition) is 4. The van der Waals surface area contributed by atoms with Gasteiger partial charge in [-0.3, -0.25) is 4.90 Å². The molecule has 0 atom stereocenters. The van der Waals surface area contributed by atoms with Gasteiger partial charge in [-0.05, 0) is 13.8 Å². The van der Waals surface area contributed by atoms with E-state index >= 15 is 0 Å². The molecular formula is C11H24N2O2. The van der Waals surface area contributed by atoms with E-state index in [-0.39, 0.29) is 5.60 Å². The van der Waals surface area contributed by atoms with E-state index in [1.54, 1.807) is 7.11 Å². The molecule has 0 spiro atoms. The summed E-state index contributed by atoms with van der Waals surface area (Å²) in [5.41, 5.74) is 0.0186. The van der Waals surface area contributed by atoms with Crippen LogP contribution in [0.3, 0.4) is 0 Å². The Kier molecular flexibility index (Phi) is 5.53. The number of rotatable bonds is 6. The Morgan fingerprint density at radius 2 is 2.20 bits per heavy atom. The third-order valence-corrected chi connectivity index (χ3v) is 2.59. The van der Waals surface area contributed by atoms with Crippen molar-refractivity contribution >= 4 is 0 Å². The summed E-state index contributed by atoms with van der Waals surface area (Å²) >= 11 is 0. The van der Waals surface area contributed by atoms with E-state index < -0.39 is 0 Å². The summed E-state index contributed by atoms with van der Waals surface area (Å²) in [6.07, 6.45) is 0. The molecule has 1 aliphatic heterocycles. The minimum Gasteiger partial charge on any atom is -0.383 e. The van der Waals surface area contributed by atoms with E-state index in [1.165, 1.54) is 0 Å². The fourth-order valence-electron chi connectivity index (χ4n) is 1.84. The van der Waals surface area contributed by atoms with Crippen LogP contribution in [0.2, 0.25) is 0 Å². The minimum atomic E-state index is 0.0186. The molecule has 15 heavy (non-hydrogen) atoms. The number of ether oxygens (including phenoxy) is 2. The Hall–Kier alpha value is -0.160. The highest BCUT2D eigenvalue weighted by Gasteiger charge is 2.26. The van der Waals surface area contributed by atoms with Crippen molar-refractivity contribution in [3.63, 3.8) is 0 Å². The number of nitrogens with one attached hydrogen (secondary N) is 1.